The molecule has 0 atom stereocenters. The summed E-state index contributed by atoms with van der Waals surface area (Å²) in [5, 5.41) is 2.91. The van der Waals surface area contributed by atoms with Crippen LogP contribution in [0.4, 0.5) is 5.82 Å². The van der Waals surface area contributed by atoms with Gasteiger partial charge in [0, 0.05) is 32.6 Å². The third-order valence-electron chi connectivity index (χ3n) is 3.76. The first-order valence-corrected chi connectivity index (χ1v) is 8.70. The molecule has 0 amide bonds. The number of amidine groups is 1. The van der Waals surface area contributed by atoms with Crippen LogP contribution < -0.4 is 16.0 Å². The van der Waals surface area contributed by atoms with Gasteiger partial charge < -0.3 is 20.9 Å². The number of allylic oxidation sites excluding steroid dienone is 3. The van der Waals surface area contributed by atoms with E-state index in [4.69, 9.17) is 5.73 Å². The Morgan fingerprint density at radius 1 is 1.34 bits per heavy atom. The highest BCUT2D eigenvalue weighted by Gasteiger charge is 2.06. The van der Waals surface area contributed by atoms with E-state index in [1.165, 1.54) is 18.3 Å². The van der Waals surface area contributed by atoms with Crippen molar-refractivity contribution in [2.75, 3.05) is 19.0 Å². The summed E-state index contributed by atoms with van der Waals surface area (Å²) in [4.78, 5) is 39.2. The van der Waals surface area contributed by atoms with Gasteiger partial charge in [-0.3, -0.25) is 9.59 Å². The Morgan fingerprint density at radius 3 is 2.76 bits per heavy atom. The van der Waals surface area contributed by atoms with E-state index in [2.05, 4.69) is 25.3 Å². The van der Waals surface area contributed by atoms with Crippen molar-refractivity contribution in [1.29, 1.82) is 0 Å². The van der Waals surface area contributed by atoms with Gasteiger partial charge in [0.05, 0.1) is 17.6 Å². The first-order chi connectivity index (χ1) is 14.0. The minimum Gasteiger partial charge on any atom is -0.385 e. The normalized spacial score (nSPS) is 12.9. The van der Waals surface area contributed by atoms with Crippen molar-refractivity contribution in [2.24, 2.45) is 10.7 Å². The van der Waals surface area contributed by atoms with E-state index >= 15 is 0 Å². The number of aromatic nitrogens is 3. The Hall–Kier alpha value is -4.01. The molecule has 2 aromatic heterocycles. The number of anilines is 1. The molecule has 0 fully saturated rings. The second kappa shape index (κ2) is 10.4. The van der Waals surface area contributed by atoms with Crippen LogP contribution in [0.15, 0.2) is 59.6 Å². The minimum atomic E-state index is 0.0962. The topological polar surface area (TPSA) is 129 Å². The summed E-state index contributed by atoms with van der Waals surface area (Å²) >= 11 is 0. The zero-order chi connectivity index (χ0) is 21.2. The molecule has 0 aliphatic carbocycles. The average Bonchev–Trinajstić information content (AvgIpc) is 3.20. The van der Waals surface area contributed by atoms with Gasteiger partial charge in [0.2, 0.25) is 0 Å². The predicted octanol–water partition coefficient (Wildman–Crippen LogP) is 1.58. The van der Waals surface area contributed by atoms with Gasteiger partial charge in [-0.25, -0.2) is 15.0 Å². The van der Waals surface area contributed by atoms with Crippen LogP contribution in [0.2, 0.25) is 0 Å². The molecule has 0 aliphatic heterocycles. The summed E-state index contributed by atoms with van der Waals surface area (Å²) in [6.45, 7) is 1.99. The third-order valence-corrected chi connectivity index (χ3v) is 3.76. The maximum absolute atomic E-state index is 11.3. The molecule has 0 saturated carbocycles. The minimum absolute atomic E-state index is 0.0962. The van der Waals surface area contributed by atoms with Crippen molar-refractivity contribution < 1.29 is 9.59 Å². The van der Waals surface area contributed by atoms with Crippen LogP contribution in [-0.4, -0.2) is 47.5 Å². The number of aldehydes is 2. The Labute approximate surface area is 168 Å². The maximum Gasteiger partial charge on any atom is 0.168 e. The summed E-state index contributed by atoms with van der Waals surface area (Å²) in [5.74, 6) is 1.30. The van der Waals surface area contributed by atoms with E-state index in [-0.39, 0.29) is 11.5 Å². The van der Waals surface area contributed by atoms with Gasteiger partial charge in [0.1, 0.15) is 17.4 Å². The lowest BCUT2D eigenvalue weighted by Gasteiger charge is -2.12. The number of hydrogen-bond donors (Lipinski definition) is 3. The van der Waals surface area contributed by atoms with Crippen molar-refractivity contribution >= 4 is 29.9 Å². The second-order valence-corrected chi connectivity index (χ2v) is 6.00. The maximum atomic E-state index is 11.3. The Morgan fingerprint density at radius 2 is 2.14 bits per heavy atom. The Kier molecular flexibility index (Phi) is 7.60. The van der Waals surface area contributed by atoms with Crippen molar-refractivity contribution in [3.63, 3.8) is 0 Å². The van der Waals surface area contributed by atoms with Gasteiger partial charge in [0.25, 0.3) is 0 Å². The SMILES string of the molecule is CN/C(=C/C(N)=N\C(C=O)=C\C=C/N(C)c1cc(C)ccn1)c1ncc(C=O)[nH]1. The van der Waals surface area contributed by atoms with Crippen LogP contribution >= 0.6 is 0 Å². The van der Waals surface area contributed by atoms with Crippen molar-refractivity contribution in [1.82, 2.24) is 20.3 Å². The average molecular weight is 393 g/mol. The molecule has 29 heavy (non-hydrogen) atoms. The second-order valence-electron chi connectivity index (χ2n) is 6.00. The van der Waals surface area contributed by atoms with E-state index < -0.39 is 0 Å². The van der Waals surface area contributed by atoms with E-state index in [1.807, 2.05) is 31.0 Å². The number of aliphatic imine (C=N–C) groups is 1. The number of nitrogens with one attached hydrogen (secondary N) is 2. The van der Waals surface area contributed by atoms with Gasteiger partial charge in [-0.15, -0.1) is 0 Å². The summed E-state index contributed by atoms with van der Waals surface area (Å²) in [5.41, 5.74) is 8.02. The van der Waals surface area contributed by atoms with E-state index in [0.29, 0.717) is 29.8 Å². The Bertz CT molecular complexity index is 986. The molecular formula is C20H23N7O2. The van der Waals surface area contributed by atoms with Crippen LogP contribution in [0, 0.1) is 6.92 Å². The number of aryl methyl sites for hydroxylation is 1. The fraction of sp³-hybridized carbons (Fsp3) is 0.150. The molecule has 0 aromatic carbocycles. The first kappa shape index (κ1) is 21.3. The zero-order valence-corrected chi connectivity index (χ0v) is 16.5. The lowest BCUT2D eigenvalue weighted by atomic mass is 10.3. The molecule has 0 bridgehead atoms. The molecule has 0 spiro atoms. The number of carbonyl (C=O) groups excluding carboxylic acids is 2. The first-order valence-electron chi connectivity index (χ1n) is 8.70. The molecule has 2 aromatic rings. The van der Waals surface area contributed by atoms with Crippen molar-refractivity contribution in [2.45, 2.75) is 6.92 Å². The highest BCUT2D eigenvalue weighted by atomic mass is 16.1. The highest BCUT2D eigenvalue weighted by molar-refractivity contribution is 5.99. The van der Waals surface area contributed by atoms with Crippen molar-refractivity contribution in [3.8, 4) is 0 Å². The summed E-state index contributed by atoms with van der Waals surface area (Å²) in [6.07, 6.45) is 10.9. The predicted molar refractivity (Wildman–Crippen MR) is 113 cm³/mol. The van der Waals surface area contributed by atoms with Gasteiger partial charge >= 0.3 is 0 Å². The molecular weight excluding hydrogens is 370 g/mol. The lowest BCUT2D eigenvalue weighted by Crippen LogP contribution is -2.14. The van der Waals surface area contributed by atoms with Crippen LogP contribution in [0.1, 0.15) is 21.9 Å². The van der Waals surface area contributed by atoms with Gasteiger partial charge in [-0.2, -0.15) is 0 Å². The molecule has 9 heteroatoms. The van der Waals surface area contributed by atoms with Crippen LogP contribution in [0.5, 0.6) is 0 Å². The number of hydrogen-bond acceptors (Lipinski definition) is 7. The molecule has 0 aliphatic rings. The fourth-order valence-corrected chi connectivity index (χ4v) is 2.28. The van der Waals surface area contributed by atoms with Gasteiger partial charge in [0.15, 0.2) is 18.4 Å². The molecule has 9 nitrogen and oxygen atoms in total. The summed E-state index contributed by atoms with van der Waals surface area (Å²) < 4.78 is 0. The standard InChI is InChI=1S/C20H23N7O2/c1-14-6-7-23-19(9-14)27(3)8-4-5-15(12-28)25-18(21)10-17(22-2)20-24-11-16(13-29)26-20/h4-13,22H,1-3H3,(H2,21,25)(H,24,26)/b8-4-,15-5+,17-10+. The molecule has 0 unspecified atom stereocenters. The number of aromatic amines is 1. The number of nitrogens with zero attached hydrogens (tertiary/aromatic N) is 4. The smallest absolute Gasteiger partial charge is 0.168 e. The van der Waals surface area contributed by atoms with E-state index in [1.54, 1.807) is 25.5 Å². The van der Waals surface area contributed by atoms with Crippen LogP contribution in [-0.2, 0) is 4.79 Å². The highest BCUT2D eigenvalue weighted by Crippen LogP contribution is 2.11. The van der Waals surface area contributed by atoms with Gasteiger partial charge in [-0.1, -0.05) is 0 Å². The largest absolute Gasteiger partial charge is 0.385 e. The lowest BCUT2D eigenvalue weighted by molar-refractivity contribution is -0.104. The molecule has 2 heterocycles. The number of carbonyl (C=O) groups is 2. The molecule has 2 rings (SSSR count). The monoisotopic (exact) mass is 393 g/mol. The number of rotatable bonds is 9. The number of nitrogens with two attached hydrogens (primary N) is 1. The molecule has 150 valence electrons. The van der Waals surface area contributed by atoms with Crippen LogP contribution in [0.25, 0.3) is 5.70 Å². The Balaban J connectivity index is 2.15. The third kappa shape index (κ3) is 6.28. The number of imidazole rings is 1. The fourth-order valence-electron chi connectivity index (χ4n) is 2.28. The number of pyridine rings is 1. The van der Waals surface area contributed by atoms with E-state index in [0.717, 1.165) is 11.4 Å². The molecule has 0 radical (unpaired) electrons. The quantitative estimate of drug-likeness (QED) is 0.194. The van der Waals surface area contributed by atoms with Gasteiger partial charge in [-0.05, 0) is 36.8 Å². The molecule has 0 saturated heterocycles. The van der Waals surface area contributed by atoms with E-state index in [9.17, 15) is 9.59 Å². The van der Waals surface area contributed by atoms with Crippen molar-refractivity contribution in [3.05, 3.63) is 71.7 Å². The number of H-pyrrole nitrogens is 1. The zero-order valence-electron chi connectivity index (χ0n) is 16.5. The summed E-state index contributed by atoms with van der Waals surface area (Å²) in [7, 11) is 3.53. The summed E-state index contributed by atoms with van der Waals surface area (Å²) in [6, 6.07) is 3.86. The molecule has 4 N–H and O–H groups in total. The van der Waals surface area contributed by atoms with Crippen LogP contribution in [0.3, 0.4) is 0 Å².